The molecule has 5 rings (SSSR count). The van der Waals surface area contributed by atoms with Crippen LogP contribution in [0, 0.1) is 6.92 Å². The normalized spacial score (nSPS) is 16.2. The predicted molar refractivity (Wildman–Crippen MR) is 155 cm³/mol. The van der Waals surface area contributed by atoms with Crippen LogP contribution in [0.4, 0.5) is 0 Å². The molecule has 0 bridgehead atoms. The molecule has 1 aromatic heterocycles. The number of amides is 1. The van der Waals surface area contributed by atoms with Gasteiger partial charge in [-0.25, -0.2) is 0 Å². The van der Waals surface area contributed by atoms with Crippen molar-refractivity contribution in [2.75, 3.05) is 6.61 Å². The lowest BCUT2D eigenvalue weighted by Gasteiger charge is -2.24. The molecular weight excluding hydrogens is 518 g/mol. The number of ether oxygens (including phenoxy) is 2. The quantitative estimate of drug-likeness (QED) is 0.0937. The molecule has 1 atom stereocenters. The van der Waals surface area contributed by atoms with Crippen molar-refractivity contribution in [1.82, 2.24) is 4.90 Å². The Morgan fingerprint density at radius 3 is 2.34 bits per heavy atom. The molecule has 0 aliphatic carbocycles. The topological polar surface area (TPSA) is 89.2 Å². The summed E-state index contributed by atoms with van der Waals surface area (Å²) in [7, 11) is 0. The third-order valence-electron chi connectivity index (χ3n) is 7.02. The van der Waals surface area contributed by atoms with Crippen molar-refractivity contribution < 1.29 is 28.6 Å². The van der Waals surface area contributed by atoms with Crippen LogP contribution in [0.5, 0.6) is 11.5 Å². The molecule has 1 aliphatic rings. The molecule has 1 saturated heterocycles. The number of furan rings is 1. The Kier molecular flexibility index (Phi) is 8.53. The number of likely N-dealkylation sites (tertiary alicyclic amines) is 1. The van der Waals surface area contributed by atoms with Gasteiger partial charge in [0.05, 0.1) is 31.0 Å². The minimum atomic E-state index is -0.804. The minimum absolute atomic E-state index is 0.0228. The van der Waals surface area contributed by atoms with Crippen molar-refractivity contribution >= 4 is 17.4 Å². The van der Waals surface area contributed by atoms with E-state index in [2.05, 4.69) is 13.0 Å². The highest BCUT2D eigenvalue weighted by Crippen LogP contribution is 2.41. The maximum Gasteiger partial charge on any atom is 0.296 e. The Morgan fingerprint density at radius 2 is 1.66 bits per heavy atom. The summed E-state index contributed by atoms with van der Waals surface area (Å²) in [5, 5.41) is 11.4. The number of nitrogens with zero attached hydrogens (tertiary/aromatic N) is 1. The number of carbonyl (C=O) groups excluding carboxylic acids is 2. The fourth-order valence-electron chi connectivity index (χ4n) is 4.87. The number of carbonyl (C=O) groups is 2. The van der Waals surface area contributed by atoms with E-state index >= 15 is 0 Å². The third-order valence-corrected chi connectivity index (χ3v) is 7.02. The highest BCUT2D eigenvalue weighted by molar-refractivity contribution is 6.46. The van der Waals surface area contributed by atoms with E-state index in [4.69, 9.17) is 13.9 Å². The van der Waals surface area contributed by atoms with Gasteiger partial charge in [-0.3, -0.25) is 9.59 Å². The Morgan fingerprint density at radius 1 is 0.927 bits per heavy atom. The summed E-state index contributed by atoms with van der Waals surface area (Å²) < 4.78 is 17.2. The van der Waals surface area contributed by atoms with Gasteiger partial charge in [-0.1, -0.05) is 55.3 Å². The lowest BCUT2D eigenvalue weighted by Crippen LogP contribution is -2.29. The summed E-state index contributed by atoms with van der Waals surface area (Å²) in [5.41, 5.74) is 3.32. The zero-order valence-corrected chi connectivity index (χ0v) is 23.2. The fraction of sp³-hybridized carbons (Fsp3) is 0.235. The van der Waals surface area contributed by atoms with Crippen molar-refractivity contribution in [2.24, 2.45) is 0 Å². The van der Waals surface area contributed by atoms with E-state index in [1.807, 2.05) is 49.4 Å². The van der Waals surface area contributed by atoms with Crippen molar-refractivity contribution in [1.29, 1.82) is 0 Å². The molecule has 41 heavy (non-hydrogen) atoms. The molecule has 1 unspecified atom stereocenters. The summed E-state index contributed by atoms with van der Waals surface area (Å²) >= 11 is 0. The number of hydrogen-bond donors (Lipinski definition) is 1. The van der Waals surface area contributed by atoms with Crippen LogP contribution >= 0.6 is 0 Å². The Balaban J connectivity index is 1.44. The van der Waals surface area contributed by atoms with Gasteiger partial charge in [0.1, 0.15) is 29.6 Å². The molecule has 1 fully saturated rings. The van der Waals surface area contributed by atoms with Gasteiger partial charge in [0, 0.05) is 5.56 Å². The van der Waals surface area contributed by atoms with Crippen LogP contribution in [0.15, 0.2) is 101 Å². The highest BCUT2D eigenvalue weighted by atomic mass is 16.5. The van der Waals surface area contributed by atoms with Gasteiger partial charge >= 0.3 is 0 Å². The molecule has 2 heterocycles. The van der Waals surface area contributed by atoms with Gasteiger partial charge < -0.3 is 23.9 Å². The zero-order valence-electron chi connectivity index (χ0n) is 23.2. The zero-order chi connectivity index (χ0) is 28.8. The van der Waals surface area contributed by atoms with Crippen molar-refractivity contribution in [2.45, 2.75) is 45.9 Å². The van der Waals surface area contributed by atoms with E-state index < -0.39 is 17.7 Å². The Labute approximate surface area is 239 Å². The first kappa shape index (κ1) is 27.8. The van der Waals surface area contributed by atoms with Crippen LogP contribution < -0.4 is 9.47 Å². The molecule has 7 nitrogen and oxygen atoms in total. The lowest BCUT2D eigenvalue weighted by atomic mass is 9.95. The number of benzene rings is 3. The maximum atomic E-state index is 13.3. The molecule has 0 radical (unpaired) electrons. The van der Waals surface area contributed by atoms with Gasteiger partial charge in [-0.05, 0) is 73.0 Å². The number of aliphatic hydroxyl groups excluding tert-OH is 1. The molecule has 0 spiro atoms. The van der Waals surface area contributed by atoms with E-state index in [1.165, 1.54) is 11.2 Å². The van der Waals surface area contributed by atoms with Crippen LogP contribution in [-0.2, 0) is 22.7 Å². The van der Waals surface area contributed by atoms with E-state index in [0.717, 1.165) is 24.0 Å². The van der Waals surface area contributed by atoms with Gasteiger partial charge in [-0.15, -0.1) is 0 Å². The van der Waals surface area contributed by atoms with Gasteiger partial charge in [0.15, 0.2) is 0 Å². The molecule has 4 aromatic rings. The van der Waals surface area contributed by atoms with Gasteiger partial charge in [0.25, 0.3) is 11.7 Å². The van der Waals surface area contributed by atoms with Crippen molar-refractivity contribution in [3.05, 3.63) is 125 Å². The fourth-order valence-corrected chi connectivity index (χ4v) is 4.87. The molecule has 1 N–H and O–H groups in total. The van der Waals surface area contributed by atoms with Gasteiger partial charge in [0.2, 0.25) is 0 Å². The van der Waals surface area contributed by atoms with E-state index in [9.17, 15) is 14.7 Å². The van der Waals surface area contributed by atoms with Gasteiger partial charge in [-0.2, -0.15) is 0 Å². The van der Waals surface area contributed by atoms with E-state index in [1.54, 1.807) is 36.4 Å². The third kappa shape index (κ3) is 6.35. The number of Topliss-reactive ketones (excluding diaryl/α,β-unsaturated/α-hetero) is 1. The number of unbranched alkanes of at least 4 members (excludes halogenated alkanes) is 1. The number of aliphatic hydroxyl groups is 1. The van der Waals surface area contributed by atoms with Crippen molar-refractivity contribution in [3.8, 4) is 11.5 Å². The largest absolute Gasteiger partial charge is 0.507 e. The predicted octanol–water partition coefficient (Wildman–Crippen LogP) is 6.97. The van der Waals surface area contributed by atoms with E-state index in [-0.39, 0.29) is 17.9 Å². The SMILES string of the molecule is CCCCOc1ccc(C2/C(=C(\O)c3ccc(OCc4cccc(C)c4)cc3)C(=O)C(=O)N2Cc2ccco2)cc1. The van der Waals surface area contributed by atoms with Crippen LogP contribution in [0.2, 0.25) is 0 Å². The molecule has 0 saturated carbocycles. The monoisotopic (exact) mass is 551 g/mol. The number of hydrogen-bond acceptors (Lipinski definition) is 6. The molecule has 210 valence electrons. The first-order valence-electron chi connectivity index (χ1n) is 13.8. The number of ketones is 1. The molecule has 1 amide bonds. The maximum absolute atomic E-state index is 13.3. The van der Waals surface area contributed by atoms with E-state index in [0.29, 0.717) is 41.6 Å². The van der Waals surface area contributed by atoms with Crippen LogP contribution in [-0.4, -0.2) is 28.3 Å². The second kappa shape index (κ2) is 12.6. The molecular formula is C34H33NO6. The van der Waals surface area contributed by atoms with Crippen molar-refractivity contribution in [3.63, 3.8) is 0 Å². The number of aryl methyl sites for hydroxylation is 1. The second-order valence-electron chi connectivity index (χ2n) is 10.1. The van der Waals surface area contributed by atoms with Crippen LogP contribution in [0.1, 0.15) is 53.8 Å². The molecule has 3 aromatic carbocycles. The summed E-state index contributed by atoms with van der Waals surface area (Å²) in [6.45, 7) is 5.23. The summed E-state index contributed by atoms with van der Waals surface area (Å²) in [6.07, 6.45) is 3.49. The second-order valence-corrected chi connectivity index (χ2v) is 10.1. The standard InChI is InChI=1S/C34H33NO6/c1-3-4-18-39-27-14-10-25(11-15-27)31-30(33(37)34(38)35(31)21-29-9-6-19-40-29)32(36)26-12-16-28(17-13-26)41-22-24-8-5-7-23(2)20-24/h5-17,19-20,31,36H,3-4,18,21-22H2,1-2H3/b32-30+. The number of rotatable bonds is 11. The smallest absolute Gasteiger partial charge is 0.296 e. The summed E-state index contributed by atoms with van der Waals surface area (Å²) in [4.78, 5) is 28.0. The molecule has 1 aliphatic heterocycles. The minimum Gasteiger partial charge on any atom is -0.507 e. The summed E-state index contributed by atoms with van der Waals surface area (Å²) in [5.74, 6) is 0.162. The average Bonchev–Trinajstić information content (AvgIpc) is 3.59. The highest BCUT2D eigenvalue weighted by Gasteiger charge is 2.46. The van der Waals surface area contributed by atoms with Crippen LogP contribution in [0.3, 0.4) is 0 Å². The first-order chi connectivity index (χ1) is 19.9. The Bertz CT molecular complexity index is 1520. The van der Waals surface area contributed by atoms with Crippen LogP contribution in [0.25, 0.3) is 5.76 Å². The lowest BCUT2D eigenvalue weighted by molar-refractivity contribution is -0.140. The molecule has 7 heteroatoms. The first-order valence-corrected chi connectivity index (χ1v) is 13.8. The summed E-state index contributed by atoms with van der Waals surface area (Å²) in [6, 6.07) is 24.9. The Hall–Kier alpha value is -4.78. The average molecular weight is 552 g/mol.